The number of aliphatic imine (C=N–C) groups is 1. The third-order valence-corrected chi connectivity index (χ3v) is 7.07. The van der Waals surface area contributed by atoms with Gasteiger partial charge in [-0.3, -0.25) is 15.6 Å². The second-order valence-corrected chi connectivity index (χ2v) is 9.93. The predicted molar refractivity (Wildman–Crippen MR) is 122 cm³/mol. The Balaban J connectivity index is 1.27. The van der Waals surface area contributed by atoms with Gasteiger partial charge in [-0.15, -0.1) is 0 Å². The molecule has 2 aromatic heterocycles. The van der Waals surface area contributed by atoms with Gasteiger partial charge in [-0.25, -0.2) is 19.7 Å². The van der Waals surface area contributed by atoms with Gasteiger partial charge in [-0.1, -0.05) is 0 Å². The van der Waals surface area contributed by atoms with Crippen LogP contribution in [0.1, 0.15) is 55.6 Å². The number of aryl methyl sites for hydroxylation is 2. The van der Waals surface area contributed by atoms with E-state index in [0.717, 1.165) is 54.1 Å². The number of amides is 2. The van der Waals surface area contributed by atoms with Crippen LogP contribution in [0.4, 0.5) is 10.7 Å². The quantitative estimate of drug-likeness (QED) is 0.424. The molecule has 4 aliphatic carbocycles. The summed E-state index contributed by atoms with van der Waals surface area (Å²) in [6.07, 6.45) is 11.5. The molecule has 0 aliphatic heterocycles. The number of H-pyrrole nitrogens is 1. The maximum Gasteiger partial charge on any atom is 0.321 e. The number of urea groups is 1. The van der Waals surface area contributed by atoms with Gasteiger partial charge in [-0.2, -0.15) is 0 Å². The molecule has 2 amide bonds. The number of carbonyl (C=O) groups is 1. The highest BCUT2D eigenvalue weighted by molar-refractivity contribution is 6.03. The smallest absolute Gasteiger partial charge is 0.321 e. The van der Waals surface area contributed by atoms with E-state index in [1.54, 1.807) is 12.5 Å². The largest absolute Gasteiger partial charge is 0.348 e. The monoisotopic (exact) mass is 436 g/mol. The van der Waals surface area contributed by atoms with Gasteiger partial charge >= 0.3 is 6.03 Å². The highest BCUT2D eigenvalue weighted by atomic mass is 16.2. The van der Waals surface area contributed by atoms with E-state index in [4.69, 9.17) is 0 Å². The molecule has 4 bridgehead atoms. The van der Waals surface area contributed by atoms with E-state index in [9.17, 15) is 4.79 Å². The predicted octanol–water partition coefficient (Wildman–Crippen LogP) is 3.10. The van der Waals surface area contributed by atoms with Crippen molar-refractivity contribution in [2.24, 2.45) is 22.7 Å². The Kier molecular flexibility index (Phi) is 5.57. The summed E-state index contributed by atoms with van der Waals surface area (Å²) in [4.78, 5) is 33.6. The van der Waals surface area contributed by atoms with Gasteiger partial charge in [-0.05, 0) is 76.2 Å². The number of anilines is 1. The van der Waals surface area contributed by atoms with Crippen LogP contribution in [0.15, 0.2) is 23.6 Å². The lowest BCUT2D eigenvalue weighted by molar-refractivity contribution is -0.0132. The number of nitrogens with zero attached hydrogens (tertiary/aromatic N) is 4. The van der Waals surface area contributed by atoms with E-state index in [2.05, 4.69) is 40.9 Å². The average molecular weight is 437 g/mol. The third-order valence-electron chi connectivity index (χ3n) is 7.07. The third kappa shape index (κ3) is 4.76. The Labute approximate surface area is 188 Å². The summed E-state index contributed by atoms with van der Waals surface area (Å²) in [7, 11) is 0. The number of hydrogen-bond donors (Lipinski definition) is 4. The van der Waals surface area contributed by atoms with Crippen LogP contribution in [-0.4, -0.2) is 44.0 Å². The van der Waals surface area contributed by atoms with Gasteiger partial charge in [0.15, 0.2) is 0 Å². The standard InChI is InChI=1S/C23H32N8O/c1-14-5-15(2)28-21(27-14)29-20(25-4-3-19-12-24-13-26-19)30-22(32)31-23-9-16-6-17(10-23)8-18(7-16)11-23/h5,12-13,16-18H,3-4,6-11H2,1-2H3,(H,24,26)(H3,25,27,28,29,30,31,32). The number of hydrogen-bond acceptors (Lipinski definition) is 5. The summed E-state index contributed by atoms with van der Waals surface area (Å²) in [6, 6.07) is 1.71. The van der Waals surface area contributed by atoms with Crippen molar-refractivity contribution in [3.8, 4) is 0 Å². The van der Waals surface area contributed by atoms with Gasteiger partial charge in [0.05, 0.1) is 6.33 Å². The first-order valence-electron chi connectivity index (χ1n) is 11.6. The van der Waals surface area contributed by atoms with Gasteiger partial charge in [0, 0.05) is 41.8 Å². The first-order chi connectivity index (χ1) is 15.4. The molecule has 0 atom stereocenters. The van der Waals surface area contributed by atoms with Gasteiger partial charge in [0.2, 0.25) is 11.9 Å². The Hall–Kier alpha value is -2.97. The van der Waals surface area contributed by atoms with Gasteiger partial charge < -0.3 is 10.3 Å². The molecule has 0 radical (unpaired) electrons. The zero-order valence-electron chi connectivity index (χ0n) is 18.8. The van der Waals surface area contributed by atoms with Gasteiger partial charge in [0.25, 0.3) is 0 Å². The SMILES string of the molecule is Cc1cc(C)nc(NC(=NCCc2cnc[nH]2)NC(=O)NC23CC4CC(CC(C4)C2)C3)n1. The molecular weight excluding hydrogens is 404 g/mol. The van der Waals surface area contributed by atoms with Crippen molar-refractivity contribution in [2.45, 2.75) is 64.3 Å². The number of guanidine groups is 1. The van der Waals surface area contributed by atoms with E-state index in [1.165, 1.54) is 19.3 Å². The second kappa shape index (κ2) is 8.52. The van der Waals surface area contributed by atoms with Crippen molar-refractivity contribution in [2.75, 3.05) is 11.9 Å². The molecule has 4 saturated carbocycles. The molecule has 2 aromatic rings. The second-order valence-electron chi connectivity index (χ2n) is 9.93. The molecule has 0 saturated heterocycles. The summed E-state index contributed by atoms with van der Waals surface area (Å²) < 4.78 is 0. The Morgan fingerprint density at radius 1 is 1.12 bits per heavy atom. The fourth-order valence-corrected chi connectivity index (χ4v) is 6.35. The molecule has 0 aromatic carbocycles. The van der Waals surface area contributed by atoms with Crippen LogP contribution in [-0.2, 0) is 6.42 Å². The molecule has 4 fully saturated rings. The minimum Gasteiger partial charge on any atom is -0.348 e. The van der Waals surface area contributed by atoms with Crippen molar-refractivity contribution >= 4 is 17.9 Å². The fourth-order valence-electron chi connectivity index (χ4n) is 6.35. The lowest BCUT2D eigenvalue weighted by Crippen LogP contribution is -2.62. The van der Waals surface area contributed by atoms with Crippen molar-refractivity contribution < 1.29 is 4.79 Å². The molecular formula is C23H32N8O. The van der Waals surface area contributed by atoms with Crippen molar-refractivity contribution in [1.82, 2.24) is 30.6 Å². The zero-order chi connectivity index (χ0) is 22.1. The summed E-state index contributed by atoms with van der Waals surface area (Å²) in [5.74, 6) is 3.09. The molecule has 9 nitrogen and oxygen atoms in total. The summed E-state index contributed by atoms with van der Waals surface area (Å²) in [5.41, 5.74) is 2.65. The minimum absolute atomic E-state index is 0.0592. The van der Waals surface area contributed by atoms with Crippen LogP contribution >= 0.6 is 0 Å². The number of carbonyl (C=O) groups excluding carboxylic acids is 1. The van der Waals surface area contributed by atoms with Crippen molar-refractivity contribution in [3.63, 3.8) is 0 Å². The molecule has 6 rings (SSSR count). The average Bonchev–Trinajstić information content (AvgIpc) is 3.19. The zero-order valence-corrected chi connectivity index (χ0v) is 18.8. The van der Waals surface area contributed by atoms with Gasteiger partial charge in [0.1, 0.15) is 0 Å². The van der Waals surface area contributed by atoms with Crippen molar-refractivity contribution in [3.05, 3.63) is 35.7 Å². The number of rotatable bonds is 5. The van der Waals surface area contributed by atoms with E-state index >= 15 is 0 Å². The lowest BCUT2D eigenvalue weighted by Gasteiger charge is -2.56. The van der Waals surface area contributed by atoms with Crippen LogP contribution in [0, 0.1) is 31.6 Å². The maximum absolute atomic E-state index is 13.1. The molecule has 9 heteroatoms. The number of imidazole rings is 1. The number of aromatic nitrogens is 4. The van der Waals surface area contributed by atoms with E-state index < -0.39 is 0 Å². The van der Waals surface area contributed by atoms with Crippen LogP contribution in [0.2, 0.25) is 0 Å². The highest BCUT2D eigenvalue weighted by Gasteiger charge is 2.51. The topological polar surface area (TPSA) is 120 Å². The Bertz CT molecular complexity index is 944. The minimum atomic E-state index is -0.205. The van der Waals surface area contributed by atoms with Crippen LogP contribution in [0.25, 0.3) is 0 Å². The molecule has 0 unspecified atom stereocenters. The van der Waals surface area contributed by atoms with E-state index in [0.29, 0.717) is 24.9 Å². The van der Waals surface area contributed by atoms with Crippen molar-refractivity contribution in [1.29, 1.82) is 0 Å². The lowest BCUT2D eigenvalue weighted by atomic mass is 9.53. The number of aromatic amines is 1. The first-order valence-corrected chi connectivity index (χ1v) is 11.6. The summed E-state index contributed by atoms with van der Waals surface area (Å²) >= 11 is 0. The molecule has 2 heterocycles. The molecule has 32 heavy (non-hydrogen) atoms. The van der Waals surface area contributed by atoms with Crippen LogP contribution < -0.4 is 16.0 Å². The Morgan fingerprint density at radius 2 is 1.78 bits per heavy atom. The number of nitrogens with one attached hydrogen (secondary N) is 4. The summed E-state index contributed by atoms with van der Waals surface area (Å²) in [6.45, 7) is 4.33. The summed E-state index contributed by atoms with van der Waals surface area (Å²) in [5, 5.41) is 9.39. The first kappa shape index (κ1) is 20.9. The fraction of sp³-hybridized carbons (Fsp3) is 0.609. The maximum atomic E-state index is 13.1. The van der Waals surface area contributed by atoms with Crippen LogP contribution in [0.3, 0.4) is 0 Å². The Morgan fingerprint density at radius 3 is 2.38 bits per heavy atom. The van der Waals surface area contributed by atoms with E-state index in [1.807, 2.05) is 19.9 Å². The molecule has 4 aliphatic rings. The highest BCUT2D eigenvalue weighted by Crippen LogP contribution is 2.55. The van der Waals surface area contributed by atoms with E-state index in [-0.39, 0.29) is 11.6 Å². The molecule has 0 spiro atoms. The van der Waals surface area contributed by atoms with Crippen LogP contribution in [0.5, 0.6) is 0 Å². The normalized spacial score (nSPS) is 28.6. The molecule has 4 N–H and O–H groups in total. The molecule has 170 valence electrons.